The Morgan fingerprint density at radius 3 is 2.58 bits per heavy atom. The first-order valence-corrected chi connectivity index (χ1v) is 7.19. The van der Waals surface area contributed by atoms with E-state index in [-0.39, 0.29) is 11.3 Å². The van der Waals surface area contributed by atoms with Gasteiger partial charge in [0, 0.05) is 20.2 Å². The molecule has 1 aliphatic carbocycles. The molecule has 112 valence electrons. The third-order valence-electron chi connectivity index (χ3n) is 4.07. The summed E-state index contributed by atoms with van der Waals surface area (Å²) < 4.78 is 10.2. The van der Waals surface area contributed by atoms with Crippen LogP contribution in [0.25, 0.3) is 0 Å². The van der Waals surface area contributed by atoms with Crippen LogP contribution in [0.5, 0.6) is 0 Å². The van der Waals surface area contributed by atoms with Crippen LogP contribution in [0.4, 0.5) is 0 Å². The van der Waals surface area contributed by atoms with Gasteiger partial charge in [0.25, 0.3) is 0 Å². The van der Waals surface area contributed by atoms with E-state index >= 15 is 0 Å². The molecule has 0 aromatic rings. The minimum Gasteiger partial charge on any atom is -0.382 e. The Balaban J connectivity index is 2.26. The van der Waals surface area contributed by atoms with Crippen molar-refractivity contribution in [3.8, 4) is 0 Å². The molecular formula is C14H28N2O3. The van der Waals surface area contributed by atoms with E-state index in [1.807, 2.05) is 0 Å². The van der Waals surface area contributed by atoms with Gasteiger partial charge in [-0.1, -0.05) is 6.92 Å². The lowest BCUT2D eigenvalue weighted by Gasteiger charge is -2.37. The molecule has 1 rings (SSSR count). The molecule has 0 radical (unpaired) electrons. The zero-order valence-corrected chi connectivity index (χ0v) is 12.2. The fourth-order valence-electron chi connectivity index (χ4n) is 2.51. The molecule has 0 heterocycles. The maximum Gasteiger partial charge on any atom is 0.227 e. The number of amides is 1. The number of nitrogens with one attached hydrogen (secondary N) is 1. The van der Waals surface area contributed by atoms with Gasteiger partial charge in [0.15, 0.2) is 0 Å². The third kappa shape index (κ3) is 5.09. The van der Waals surface area contributed by atoms with Gasteiger partial charge in [0.05, 0.1) is 25.2 Å². The van der Waals surface area contributed by atoms with Gasteiger partial charge in [0.2, 0.25) is 5.91 Å². The number of carbonyl (C=O) groups is 1. The molecule has 1 saturated carbocycles. The van der Waals surface area contributed by atoms with Crippen molar-refractivity contribution in [1.82, 2.24) is 5.32 Å². The Hall–Kier alpha value is -0.650. The molecule has 5 heteroatoms. The van der Waals surface area contributed by atoms with Crippen molar-refractivity contribution in [2.75, 3.05) is 40.0 Å². The van der Waals surface area contributed by atoms with Crippen molar-refractivity contribution in [1.29, 1.82) is 0 Å². The van der Waals surface area contributed by atoms with E-state index < -0.39 is 0 Å². The van der Waals surface area contributed by atoms with Gasteiger partial charge in [-0.2, -0.15) is 0 Å². The first kappa shape index (κ1) is 16.4. The Morgan fingerprint density at radius 1 is 1.32 bits per heavy atom. The van der Waals surface area contributed by atoms with Crippen LogP contribution >= 0.6 is 0 Å². The lowest BCUT2D eigenvalue weighted by Crippen LogP contribution is -2.48. The summed E-state index contributed by atoms with van der Waals surface area (Å²) >= 11 is 0. The van der Waals surface area contributed by atoms with Crippen molar-refractivity contribution < 1.29 is 14.3 Å². The Kier molecular flexibility index (Phi) is 7.34. The Bertz CT molecular complexity index is 263. The molecule has 5 nitrogen and oxygen atoms in total. The second-order valence-electron chi connectivity index (χ2n) is 5.53. The number of hydrogen-bond donors (Lipinski definition) is 2. The van der Waals surface area contributed by atoms with E-state index in [0.29, 0.717) is 38.8 Å². The summed E-state index contributed by atoms with van der Waals surface area (Å²) in [4.78, 5) is 12.3. The first-order valence-electron chi connectivity index (χ1n) is 7.19. The second kappa shape index (κ2) is 8.51. The molecule has 3 N–H and O–H groups in total. The molecule has 0 bridgehead atoms. The van der Waals surface area contributed by atoms with Gasteiger partial charge in [-0.15, -0.1) is 0 Å². The summed E-state index contributed by atoms with van der Waals surface area (Å²) in [7, 11) is 1.64. The van der Waals surface area contributed by atoms with Crippen LogP contribution < -0.4 is 11.1 Å². The number of rotatable bonds is 8. The minimum atomic E-state index is -0.348. The number of nitrogens with two attached hydrogens (primary N) is 1. The van der Waals surface area contributed by atoms with Crippen LogP contribution in [-0.2, 0) is 14.3 Å². The van der Waals surface area contributed by atoms with Crippen molar-refractivity contribution in [2.24, 2.45) is 17.1 Å². The highest BCUT2D eigenvalue weighted by atomic mass is 16.5. The zero-order valence-electron chi connectivity index (χ0n) is 12.2. The largest absolute Gasteiger partial charge is 0.382 e. The first-order chi connectivity index (χ1) is 9.14. The van der Waals surface area contributed by atoms with E-state index in [1.165, 1.54) is 0 Å². The molecule has 0 aromatic carbocycles. The van der Waals surface area contributed by atoms with Gasteiger partial charge < -0.3 is 20.5 Å². The van der Waals surface area contributed by atoms with E-state index in [2.05, 4.69) is 12.2 Å². The minimum absolute atomic E-state index is 0.0947. The SMILES string of the molecule is COCCOCCNC(=O)C1(CN)CCC(C)CC1. The molecule has 0 atom stereocenters. The van der Waals surface area contributed by atoms with Crippen LogP contribution in [0.2, 0.25) is 0 Å². The van der Waals surface area contributed by atoms with Crippen molar-refractivity contribution in [2.45, 2.75) is 32.6 Å². The van der Waals surface area contributed by atoms with Crippen molar-refractivity contribution in [3.63, 3.8) is 0 Å². The molecule has 0 aliphatic heterocycles. The predicted octanol–water partition coefficient (Wildman–Crippen LogP) is 0.921. The number of methoxy groups -OCH3 is 1. The zero-order chi connectivity index (χ0) is 14.1. The molecule has 19 heavy (non-hydrogen) atoms. The lowest BCUT2D eigenvalue weighted by molar-refractivity contribution is -0.133. The molecule has 1 amide bonds. The maximum absolute atomic E-state index is 12.3. The molecule has 1 aliphatic rings. The molecule has 1 fully saturated rings. The molecule has 0 aromatic heterocycles. The highest BCUT2D eigenvalue weighted by molar-refractivity contribution is 5.83. The summed E-state index contributed by atoms with van der Waals surface area (Å²) in [6, 6.07) is 0. The summed E-state index contributed by atoms with van der Waals surface area (Å²) in [6.07, 6.45) is 3.99. The van der Waals surface area contributed by atoms with E-state index in [1.54, 1.807) is 7.11 Å². The van der Waals surface area contributed by atoms with Crippen LogP contribution in [-0.4, -0.2) is 45.9 Å². The topological polar surface area (TPSA) is 73.6 Å². The van der Waals surface area contributed by atoms with Crippen molar-refractivity contribution in [3.05, 3.63) is 0 Å². The molecular weight excluding hydrogens is 244 g/mol. The lowest BCUT2D eigenvalue weighted by atomic mass is 9.70. The average molecular weight is 272 g/mol. The fraction of sp³-hybridized carbons (Fsp3) is 0.929. The molecule has 0 spiro atoms. The maximum atomic E-state index is 12.3. The highest BCUT2D eigenvalue weighted by Gasteiger charge is 2.39. The van der Waals surface area contributed by atoms with E-state index in [0.717, 1.165) is 25.7 Å². The Morgan fingerprint density at radius 2 is 2.00 bits per heavy atom. The quantitative estimate of drug-likeness (QED) is 0.644. The Labute approximate surface area is 116 Å². The van der Waals surface area contributed by atoms with Gasteiger partial charge >= 0.3 is 0 Å². The van der Waals surface area contributed by atoms with Gasteiger partial charge in [-0.3, -0.25) is 4.79 Å². The molecule has 0 saturated heterocycles. The summed E-state index contributed by atoms with van der Waals surface area (Å²) in [6.45, 7) is 4.88. The summed E-state index contributed by atoms with van der Waals surface area (Å²) in [5.74, 6) is 0.807. The number of hydrogen-bond acceptors (Lipinski definition) is 4. The predicted molar refractivity (Wildman–Crippen MR) is 74.8 cm³/mol. The van der Waals surface area contributed by atoms with Crippen LogP contribution in [0.3, 0.4) is 0 Å². The van der Waals surface area contributed by atoms with E-state index in [4.69, 9.17) is 15.2 Å². The van der Waals surface area contributed by atoms with Gasteiger partial charge in [-0.05, 0) is 31.6 Å². The normalized spacial score (nSPS) is 27.2. The summed E-state index contributed by atoms with van der Waals surface area (Å²) in [5, 5.41) is 2.95. The van der Waals surface area contributed by atoms with Crippen LogP contribution in [0.15, 0.2) is 0 Å². The monoisotopic (exact) mass is 272 g/mol. The van der Waals surface area contributed by atoms with Gasteiger partial charge in [0.1, 0.15) is 0 Å². The van der Waals surface area contributed by atoms with Crippen LogP contribution in [0.1, 0.15) is 32.6 Å². The highest BCUT2D eigenvalue weighted by Crippen LogP contribution is 2.38. The number of carbonyl (C=O) groups excluding carboxylic acids is 1. The fourth-order valence-corrected chi connectivity index (χ4v) is 2.51. The second-order valence-corrected chi connectivity index (χ2v) is 5.53. The summed E-state index contributed by atoms with van der Waals surface area (Å²) in [5.41, 5.74) is 5.50. The van der Waals surface area contributed by atoms with Gasteiger partial charge in [-0.25, -0.2) is 0 Å². The standard InChI is InChI=1S/C14H28N2O3/c1-12-3-5-14(11-15,6-4-12)13(17)16-7-8-19-10-9-18-2/h12H,3-11,15H2,1-2H3,(H,16,17). The van der Waals surface area contributed by atoms with Crippen molar-refractivity contribution >= 4 is 5.91 Å². The molecule has 0 unspecified atom stereocenters. The number of ether oxygens (including phenoxy) is 2. The average Bonchev–Trinajstić information content (AvgIpc) is 2.43. The van der Waals surface area contributed by atoms with E-state index in [9.17, 15) is 4.79 Å². The van der Waals surface area contributed by atoms with Crippen LogP contribution in [0, 0.1) is 11.3 Å². The smallest absolute Gasteiger partial charge is 0.227 e. The third-order valence-corrected chi connectivity index (χ3v) is 4.07.